The van der Waals surface area contributed by atoms with Crippen LogP contribution in [0.1, 0.15) is 148 Å². The maximum absolute atomic E-state index is 12.7. The summed E-state index contributed by atoms with van der Waals surface area (Å²) in [5.74, 6) is 1.16. The van der Waals surface area contributed by atoms with Gasteiger partial charge in [-0.25, -0.2) is 0 Å². The predicted octanol–water partition coefficient (Wildman–Crippen LogP) is 19.7. The van der Waals surface area contributed by atoms with Gasteiger partial charge in [0.2, 0.25) is 0 Å². The minimum atomic E-state index is -2.95. The molecular formula is C60H124O11Si10. The molecule has 0 N–H and O–H groups in total. The molecule has 2 aromatic carbocycles. The fourth-order valence-electron chi connectivity index (χ4n) is 12.2. The zero-order valence-electron chi connectivity index (χ0n) is 57.1. The van der Waals surface area contributed by atoms with E-state index >= 15 is 0 Å². The van der Waals surface area contributed by atoms with Crippen LogP contribution in [0.5, 0.6) is 11.5 Å². The summed E-state index contributed by atoms with van der Waals surface area (Å²) in [7, 11) is -22.4. The van der Waals surface area contributed by atoms with Crippen LogP contribution >= 0.6 is 0 Å². The third-order valence-corrected chi connectivity index (χ3v) is 56.0. The van der Waals surface area contributed by atoms with E-state index in [2.05, 4.69) is 190 Å². The van der Waals surface area contributed by atoms with Gasteiger partial charge in [-0.15, -0.1) is 0 Å². The lowest BCUT2D eigenvalue weighted by Crippen LogP contribution is -2.61. The number of hydrogen-bond acceptors (Lipinski definition) is 11. The van der Waals surface area contributed by atoms with Gasteiger partial charge in [-0.1, -0.05) is 131 Å². The number of carbonyl (C=O) groups is 1. The van der Waals surface area contributed by atoms with Crippen molar-refractivity contribution < 1.29 is 47.2 Å². The average Bonchev–Trinajstić information content (AvgIpc) is 3.32. The highest BCUT2D eigenvalue weighted by atomic mass is 28.5. The summed E-state index contributed by atoms with van der Waals surface area (Å²) in [6, 6.07) is 20.0. The largest absolute Gasteiger partial charge is 0.496 e. The molecule has 2 rings (SSSR count). The molecule has 0 aliphatic rings. The van der Waals surface area contributed by atoms with Crippen LogP contribution in [0, 0.1) is 0 Å². The van der Waals surface area contributed by atoms with E-state index in [1.54, 1.807) is 7.11 Å². The number of ether oxygens (including phenoxy) is 2. The molecule has 0 radical (unpaired) electrons. The standard InChI is InChI=1S/C60H124O11Si10/c1-27-32-45-72(10,11)64-76(18,19)68-80(26,69-77(20,21)65-73(12,13)46-33-28-2)49-36-38-54-51-56(40-42-58(54)62-9)60(7,8)57-41-43-59(63-53(6)61)55(52-57)39-37-50-81(44-31-5,70-78(22,23)66-74(14,15)47-34-29-3)71-79(24,25)67-75(16,17)48-35-30-4/h40-43,51-52H,27-39,44-50H2,1-26H3. The van der Waals surface area contributed by atoms with Gasteiger partial charge in [-0.05, 0) is 214 Å². The molecule has 0 saturated carbocycles. The van der Waals surface area contributed by atoms with Crippen LogP contribution in [-0.2, 0) is 56.0 Å². The molecule has 21 heteroatoms. The Kier molecular flexibility index (Phi) is 30.9. The second-order valence-corrected chi connectivity index (χ2v) is 67.8. The first-order valence-corrected chi connectivity index (χ1v) is 60.2. The highest BCUT2D eigenvalue weighted by molar-refractivity contribution is 6.92. The molecule has 81 heavy (non-hydrogen) atoms. The molecule has 0 aromatic heterocycles. The summed E-state index contributed by atoms with van der Waals surface area (Å²) < 4.78 is 70.5. The average molecular weight is 1300 g/mol. The molecule has 0 saturated heterocycles. The van der Waals surface area contributed by atoms with Gasteiger partial charge in [-0.3, -0.25) is 4.79 Å². The van der Waals surface area contributed by atoms with Crippen molar-refractivity contribution in [2.75, 3.05) is 7.11 Å². The summed E-state index contributed by atoms with van der Waals surface area (Å²) in [6.45, 7) is 56.3. The van der Waals surface area contributed by atoms with Crippen molar-refractivity contribution in [3.8, 4) is 11.5 Å². The predicted molar refractivity (Wildman–Crippen MR) is 369 cm³/mol. The Bertz CT molecular complexity index is 2130. The molecule has 0 unspecified atom stereocenters. The third kappa shape index (κ3) is 28.5. The lowest BCUT2D eigenvalue weighted by molar-refractivity contribution is -0.131. The Morgan fingerprint density at radius 3 is 1.07 bits per heavy atom. The number of aryl methyl sites for hydroxylation is 2. The van der Waals surface area contributed by atoms with Crippen molar-refractivity contribution in [3.05, 3.63) is 58.7 Å². The first-order valence-electron chi connectivity index (χ1n) is 31.7. The molecular weight excluding hydrogens is 1180 g/mol. The zero-order chi connectivity index (χ0) is 62.0. The minimum absolute atomic E-state index is 0.328. The van der Waals surface area contributed by atoms with Gasteiger partial charge < -0.3 is 42.4 Å². The molecule has 0 amide bonds. The van der Waals surface area contributed by atoms with Crippen LogP contribution in [0.3, 0.4) is 0 Å². The highest BCUT2D eigenvalue weighted by Crippen LogP contribution is 2.40. The normalized spacial score (nSPS) is 14.0. The molecule has 0 fully saturated rings. The summed E-state index contributed by atoms with van der Waals surface area (Å²) >= 11 is 0. The molecule has 0 aliphatic carbocycles. The Balaban J connectivity index is 2.65. The topological polar surface area (TPSA) is 109 Å². The smallest absolute Gasteiger partial charge is 0.320 e. The Morgan fingerprint density at radius 1 is 0.407 bits per heavy atom. The third-order valence-electron chi connectivity index (χ3n) is 15.2. The van der Waals surface area contributed by atoms with E-state index in [9.17, 15) is 4.79 Å². The van der Waals surface area contributed by atoms with Crippen LogP contribution in [0.15, 0.2) is 36.4 Å². The zero-order valence-corrected chi connectivity index (χ0v) is 67.1. The maximum Gasteiger partial charge on any atom is 0.320 e. The van der Waals surface area contributed by atoms with Gasteiger partial charge in [0, 0.05) is 12.3 Å². The number of hydrogen-bond donors (Lipinski definition) is 0. The van der Waals surface area contributed by atoms with Crippen LogP contribution < -0.4 is 9.47 Å². The number of esters is 1. The van der Waals surface area contributed by atoms with Crippen molar-refractivity contribution in [2.45, 2.75) is 298 Å². The van der Waals surface area contributed by atoms with E-state index < -0.39 is 90.1 Å². The molecule has 11 nitrogen and oxygen atoms in total. The molecule has 0 atom stereocenters. The van der Waals surface area contributed by atoms with E-state index in [0.717, 1.165) is 116 Å². The highest BCUT2D eigenvalue weighted by Gasteiger charge is 2.51. The van der Waals surface area contributed by atoms with Crippen molar-refractivity contribution >= 4 is 90.6 Å². The Morgan fingerprint density at radius 2 is 0.741 bits per heavy atom. The van der Waals surface area contributed by atoms with Crippen molar-refractivity contribution in [3.63, 3.8) is 0 Å². The van der Waals surface area contributed by atoms with Gasteiger partial charge in [-0.2, -0.15) is 0 Å². The molecule has 0 spiro atoms. The van der Waals surface area contributed by atoms with Gasteiger partial charge in [0.1, 0.15) is 11.5 Å². The summed E-state index contributed by atoms with van der Waals surface area (Å²) in [5, 5.41) is 0. The summed E-state index contributed by atoms with van der Waals surface area (Å²) in [6.07, 6.45) is 13.5. The number of rotatable bonds is 42. The van der Waals surface area contributed by atoms with Crippen LogP contribution in [0.4, 0.5) is 0 Å². The molecule has 0 aliphatic heterocycles. The van der Waals surface area contributed by atoms with Crippen molar-refractivity contribution in [1.29, 1.82) is 0 Å². The monoisotopic (exact) mass is 1300 g/mol. The van der Waals surface area contributed by atoms with Crippen LogP contribution in [0.25, 0.3) is 0 Å². The van der Waals surface area contributed by atoms with Crippen LogP contribution in [0.2, 0.25) is 154 Å². The number of methoxy groups -OCH3 is 1. The summed E-state index contributed by atoms with van der Waals surface area (Å²) in [4.78, 5) is 12.7. The SMILES string of the molecule is CCCC[Si](C)(C)O[Si](C)(C)O[Si](C)(CCCc1cc(C(C)(C)c2ccc(OC(C)=O)c(CCC[Si](CCC)(O[Si](C)(C)O[Si](C)(C)CCCC)O[Si](C)(C)O[Si](C)(C)CCCC)c2)ccc1OC)O[Si](C)(C)O[Si](C)(C)CCCC. The second kappa shape index (κ2) is 32.7. The van der Waals surface area contributed by atoms with Crippen molar-refractivity contribution in [2.24, 2.45) is 0 Å². The lowest BCUT2D eigenvalue weighted by atomic mass is 9.76. The molecule has 0 heterocycles. The second-order valence-electron chi connectivity index (χ2n) is 28.4. The minimum Gasteiger partial charge on any atom is -0.496 e. The van der Waals surface area contributed by atoms with Crippen molar-refractivity contribution in [1.82, 2.24) is 0 Å². The first-order chi connectivity index (χ1) is 37.1. The molecule has 2 aromatic rings. The molecule has 0 bridgehead atoms. The maximum atomic E-state index is 12.7. The lowest BCUT2D eigenvalue weighted by Gasteiger charge is -2.45. The van der Waals surface area contributed by atoms with E-state index in [0.29, 0.717) is 12.2 Å². The van der Waals surface area contributed by atoms with E-state index in [1.165, 1.54) is 38.2 Å². The van der Waals surface area contributed by atoms with E-state index in [4.69, 9.17) is 42.4 Å². The summed E-state index contributed by atoms with van der Waals surface area (Å²) in [5.41, 5.74) is 4.10. The fraction of sp³-hybridized carbons (Fsp3) is 0.783. The van der Waals surface area contributed by atoms with E-state index in [1.807, 2.05) is 6.07 Å². The van der Waals surface area contributed by atoms with Gasteiger partial charge >= 0.3 is 57.3 Å². The Hall–Kier alpha value is -0.441. The first kappa shape index (κ1) is 76.7. The van der Waals surface area contributed by atoms with E-state index in [-0.39, 0.29) is 5.97 Å². The van der Waals surface area contributed by atoms with Gasteiger partial charge in [0.05, 0.1) is 7.11 Å². The Labute approximate surface area is 509 Å². The number of benzene rings is 2. The fourth-order valence-corrected chi connectivity index (χ4v) is 63.7. The van der Waals surface area contributed by atoms with Gasteiger partial charge in [0.25, 0.3) is 0 Å². The quantitative estimate of drug-likeness (QED) is 0.0360. The number of carbonyl (C=O) groups excluding carboxylic acids is 1. The van der Waals surface area contributed by atoms with Gasteiger partial charge in [0.15, 0.2) is 33.3 Å². The molecule has 470 valence electrons. The van der Waals surface area contributed by atoms with Crippen LogP contribution in [-0.4, -0.2) is 97.7 Å². The number of unbranched alkanes of at least 4 members (excludes halogenated alkanes) is 4.